The van der Waals surface area contributed by atoms with Crippen LogP contribution in [0.25, 0.3) is 0 Å². The van der Waals surface area contributed by atoms with Crippen LogP contribution in [0.4, 0.5) is 4.39 Å². The second-order valence-corrected chi connectivity index (χ2v) is 4.99. The standard InChI is InChI=1S/C17H20FNO2/c1-13(19)9-14-10-15(18)12-17(11-14)21-8-7-20-16-5-3-2-4-6-16/h2-6,10-13H,7-9,19H2,1H3. The van der Waals surface area contributed by atoms with E-state index in [0.29, 0.717) is 25.4 Å². The molecule has 0 spiro atoms. The van der Waals surface area contributed by atoms with Gasteiger partial charge < -0.3 is 15.2 Å². The van der Waals surface area contributed by atoms with Crippen LogP contribution >= 0.6 is 0 Å². The first kappa shape index (κ1) is 15.3. The highest BCUT2D eigenvalue weighted by molar-refractivity contribution is 5.30. The lowest BCUT2D eigenvalue weighted by molar-refractivity contribution is 0.216. The van der Waals surface area contributed by atoms with Crippen LogP contribution < -0.4 is 15.2 Å². The normalized spacial score (nSPS) is 12.0. The molecule has 0 aliphatic rings. The smallest absolute Gasteiger partial charge is 0.127 e. The van der Waals surface area contributed by atoms with Gasteiger partial charge >= 0.3 is 0 Å². The van der Waals surface area contributed by atoms with E-state index in [1.165, 1.54) is 12.1 Å². The molecule has 1 atom stereocenters. The number of rotatable bonds is 7. The highest BCUT2D eigenvalue weighted by Crippen LogP contribution is 2.17. The molecule has 112 valence electrons. The summed E-state index contributed by atoms with van der Waals surface area (Å²) in [6.07, 6.45) is 0.620. The number of hydrogen-bond acceptors (Lipinski definition) is 3. The summed E-state index contributed by atoms with van der Waals surface area (Å²) in [7, 11) is 0. The fourth-order valence-electron chi connectivity index (χ4n) is 2.03. The van der Waals surface area contributed by atoms with Crippen molar-refractivity contribution in [3.63, 3.8) is 0 Å². The second-order valence-electron chi connectivity index (χ2n) is 4.99. The molecule has 2 aromatic carbocycles. The molecule has 0 radical (unpaired) electrons. The Hall–Kier alpha value is -2.07. The lowest BCUT2D eigenvalue weighted by Gasteiger charge is -2.11. The minimum Gasteiger partial charge on any atom is -0.490 e. The lowest BCUT2D eigenvalue weighted by atomic mass is 10.1. The average molecular weight is 289 g/mol. The molecule has 0 amide bonds. The fraction of sp³-hybridized carbons (Fsp3) is 0.294. The Morgan fingerprint density at radius 3 is 2.33 bits per heavy atom. The van der Waals surface area contributed by atoms with Crippen LogP contribution in [0.2, 0.25) is 0 Å². The first-order valence-electron chi connectivity index (χ1n) is 6.99. The molecule has 0 saturated heterocycles. The Bertz CT molecular complexity index is 558. The van der Waals surface area contributed by atoms with Gasteiger partial charge in [-0.1, -0.05) is 18.2 Å². The number of nitrogens with two attached hydrogens (primary N) is 1. The van der Waals surface area contributed by atoms with Crippen molar-refractivity contribution in [1.82, 2.24) is 0 Å². The zero-order chi connectivity index (χ0) is 15.1. The molecule has 2 N–H and O–H groups in total. The van der Waals surface area contributed by atoms with Gasteiger partial charge in [0.25, 0.3) is 0 Å². The van der Waals surface area contributed by atoms with E-state index in [9.17, 15) is 4.39 Å². The summed E-state index contributed by atoms with van der Waals surface area (Å²) in [5.74, 6) is 0.979. The molecule has 0 heterocycles. The van der Waals surface area contributed by atoms with Gasteiger partial charge in [-0.15, -0.1) is 0 Å². The average Bonchev–Trinajstić information content (AvgIpc) is 2.43. The van der Waals surface area contributed by atoms with Crippen LogP contribution in [0.3, 0.4) is 0 Å². The predicted octanol–water partition coefficient (Wildman–Crippen LogP) is 3.17. The zero-order valence-electron chi connectivity index (χ0n) is 12.1. The summed E-state index contributed by atoms with van der Waals surface area (Å²) in [4.78, 5) is 0. The predicted molar refractivity (Wildman–Crippen MR) is 81.2 cm³/mol. The Labute approximate surface area is 124 Å². The van der Waals surface area contributed by atoms with Crippen molar-refractivity contribution < 1.29 is 13.9 Å². The van der Waals surface area contributed by atoms with Gasteiger partial charge in [-0.25, -0.2) is 4.39 Å². The van der Waals surface area contributed by atoms with Gasteiger partial charge in [0.2, 0.25) is 0 Å². The Morgan fingerprint density at radius 2 is 1.67 bits per heavy atom. The van der Waals surface area contributed by atoms with Crippen molar-refractivity contribution in [3.8, 4) is 11.5 Å². The summed E-state index contributed by atoms with van der Waals surface area (Å²) in [6.45, 7) is 2.65. The minimum atomic E-state index is -0.313. The molecule has 21 heavy (non-hydrogen) atoms. The maximum Gasteiger partial charge on any atom is 0.127 e. The number of benzene rings is 2. The fourth-order valence-corrected chi connectivity index (χ4v) is 2.03. The second kappa shape index (κ2) is 7.64. The van der Waals surface area contributed by atoms with E-state index in [4.69, 9.17) is 15.2 Å². The SMILES string of the molecule is CC(N)Cc1cc(F)cc(OCCOc2ccccc2)c1. The Balaban J connectivity index is 1.84. The van der Waals surface area contributed by atoms with Gasteiger partial charge in [-0.3, -0.25) is 0 Å². The summed E-state index contributed by atoms with van der Waals surface area (Å²) in [5, 5.41) is 0. The van der Waals surface area contributed by atoms with Crippen molar-refractivity contribution >= 4 is 0 Å². The molecule has 2 rings (SSSR count). The molecule has 0 bridgehead atoms. The quantitative estimate of drug-likeness (QED) is 0.796. The van der Waals surface area contributed by atoms with Crippen molar-refractivity contribution in [3.05, 3.63) is 59.9 Å². The third-order valence-corrected chi connectivity index (χ3v) is 2.85. The lowest BCUT2D eigenvalue weighted by Crippen LogP contribution is -2.18. The van der Waals surface area contributed by atoms with Crippen LogP contribution in [0.5, 0.6) is 11.5 Å². The topological polar surface area (TPSA) is 44.5 Å². The molecule has 4 heteroatoms. The number of ether oxygens (including phenoxy) is 2. The van der Waals surface area contributed by atoms with Crippen LogP contribution in [-0.4, -0.2) is 19.3 Å². The van der Waals surface area contributed by atoms with E-state index < -0.39 is 0 Å². The first-order valence-corrected chi connectivity index (χ1v) is 6.99. The molecule has 3 nitrogen and oxygen atoms in total. The summed E-state index contributed by atoms with van der Waals surface area (Å²) in [6, 6.07) is 14.1. The van der Waals surface area contributed by atoms with Crippen molar-refractivity contribution in [2.45, 2.75) is 19.4 Å². The molecule has 0 aliphatic heterocycles. The van der Waals surface area contributed by atoms with Gasteiger partial charge in [0.15, 0.2) is 0 Å². The van der Waals surface area contributed by atoms with E-state index in [1.54, 1.807) is 0 Å². The van der Waals surface area contributed by atoms with Crippen LogP contribution in [0, 0.1) is 5.82 Å². The maximum absolute atomic E-state index is 13.5. The Morgan fingerprint density at radius 1 is 1.00 bits per heavy atom. The van der Waals surface area contributed by atoms with Crippen LogP contribution in [-0.2, 0) is 6.42 Å². The summed E-state index contributed by atoms with van der Waals surface area (Å²) in [5.41, 5.74) is 6.56. The highest BCUT2D eigenvalue weighted by atomic mass is 19.1. The van der Waals surface area contributed by atoms with Crippen LogP contribution in [0.15, 0.2) is 48.5 Å². The van der Waals surface area contributed by atoms with Gasteiger partial charge in [0.1, 0.15) is 30.5 Å². The van der Waals surface area contributed by atoms with Crippen LogP contribution in [0.1, 0.15) is 12.5 Å². The minimum absolute atomic E-state index is 0.0129. The highest BCUT2D eigenvalue weighted by Gasteiger charge is 2.04. The third-order valence-electron chi connectivity index (χ3n) is 2.85. The molecular formula is C17H20FNO2. The van der Waals surface area contributed by atoms with Crippen molar-refractivity contribution in [1.29, 1.82) is 0 Å². The third kappa shape index (κ3) is 5.44. The van der Waals surface area contributed by atoms with Gasteiger partial charge in [0, 0.05) is 12.1 Å². The summed E-state index contributed by atoms with van der Waals surface area (Å²) >= 11 is 0. The van der Waals surface area contributed by atoms with E-state index in [-0.39, 0.29) is 11.9 Å². The molecule has 2 aromatic rings. The number of halogens is 1. The first-order chi connectivity index (χ1) is 10.1. The number of hydrogen-bond donors (Lipinski definition) is 1. The molecular weight excluding hydrogens is 269 g/mol. The van der Waals surface area contributed by atoms with Gasteiger partial charge in [-0.05, 0) is 43.2 Å². The van der Waals surface area contributed by atoms with Crippen molar-refractivity contribution in [2.75, 3.05) is 13.2 Å². The maximum atomic E-state index is 13.5. The van der Waals surface area contributed by atoms with E-state index >= 15 is 0 Å². The number of para-hydroxylation sites is 1. The Kier molecular flexibility index (Phi) is 5.58. The molecule has 0 aromatic heterocycles. The zero-order valence-corrected chi connectivity index (χ0v) is 12.1. The van der Waals surface area contributed by atoms with Gasteiger partial charge in [0.05, 0.1) is 0 Å². The van der Waals surface area contributed by atoms with E-state index in [2.05, 4.69) is 0 Å². The largest absolute Gasteiger partial charge is 0.490 e. The monoisotopic (exact) mass is 289 g/mol. The summed E-state index contributed by atoms with van der Waals surface area (Å²) < 4.78 is 24.5. The molecule has 0 fully saturated rings. The van der Waals surface area contributed by atoms with Gasteiger partial charge in [-0.2, -0.15) is 0 Å². The van der Waals surface area contributed by atoms with E-state index in [0.717, 1.165) is 11.3 Å². The van der Waals surface area contributed by atoms with E-state index in [1.807, 2.05) is 43.3 Å². The molecule has 0 aliphatic carbocycles. The van der Waals surface area contributed by atoms with Crippen molar-refractivity contribution in [2.24, 2.45) is 5.73 Å². The molecule has 0 saturated carbocycles. The molecule has 1 unspecified atom stereocenters.